The predicted molar refractivity (Wildman–Crippen MR) is 67.9 cm³/mol. The van der Waals surface area contributed by atoms with Crippen LogP contribution in [0.3, 0.4) is 0 Å². The maximum atomic E-state index is 5.85. The van der Waals surface area contributed by atoms with Gasteiger partial charge in [-0.3, -0.25) is 4.99 Å². The Bertz CT molecular complexity index is 301. The molecule has 3 rings (SSSR count). The number of fused-ring (bicyclic) bond motifs is 2. The Kier molecular flexibility index (Phi) is 3.23. The smallest absolute Gasteiger partial charge is 0.188 e. The van der Waals surface area contributed by atoms with Gasteiger partial charge in [-0.25, -0.2) is 0 Å². The number of ether oxygens (including phenoxy) is 1. The van der Waals surface area contributed by atoms with Crippen molar-refractivity contribution in [3.05, 3.63) is 0 Å². The third kappa shape index (κ3) is 2.57. The molecule has 0 aromatic rings. The molecule has 0 aromatic carbocycles. The zero-order chi connectivity index (χ0) is 11.7. The number of guanidine groups is 1. The minimum atomic E-state index is 0.524. The highest BCUT2D eigenvalue weighted by Gasteiger charge is 2.40. The number of nitrogens with two attached hydrogens (primary N) is 1. The predicted octanol–water partition coefficient (Wildman–Crippen LogP) is 1.40. The van der Waals surface area contributed by atoms with Crippen molar-refractivity contribution in [1.82, 2.24) is 5.32 Å². The summed E-state index contributed by atoms with van der Waals surface area (Å²) in [6.45, 7) is 0.850. The van der Waals surface area contributed by atoms with E-state index in [-0.39, 0.29) is 0 Å². The topological polar surface area (TPSA) is 59.6 Å². The summed E-state index contributed by atoms with van der Waals surface area (Å²) in [5.74, 6) is 1.37. The van der Waals surface area contributed by atoms with Gasteiger partial charge < -0.3 is 15.8 Å². The SMILES string of the molecule is NC(=NCCC1CC2CCC1O2)NC1CCC1. The van der Waals surface area contributed by atoms with E-state index in [1.54, 1.807) is 0 Å². The molecule has 0 spiro atoms. The van der Waals surface area contributed by atoms with Gasteiger partial charge in [-0.2, -0.15) is 0 Å². The summed E-state index contributed by atoms with van der Waals surface area (Å²) in [7, 11) is 0. The zero-order valence-corrected chi connectivity index (χ0v) is 10.4. The Morgan fingerprint density at radius 2 is 2.18 bits per heavy atom. The number of nitrogens with one attached hydrogen (secondary N) is 1. The molecule has 0 aromatic heterocycles. The Morgan fingerprint density at radius 3 is 2.76 bits per heavy atom. The third-order valence-corrected chi connectivity index (χ3v) is 4.47. The summed E-state index contributed by atoms with van der Waals surface area (Å²) < 4.78 is 5.84. The Morgan fingerprint density at radius 1 is 1.29 bits per heavy atom. The normalized spacial score (nSPS) is 37.2. The van der Waals surface area contributed by atoms with Gasteiger partial charge in [0, 0.05) is 12.6 Å². The van der Waals surface area contributed by atoms with Crippen molar-refractivity contribution in [2.75, 3.05) is 6.54 Å². The number of aliphatic imine (C=N–C) groups is 1. The van der Waals surface area contributed by atoms with Crippen LogP contribution < -0.4 is 11.1 Å². The molecular weight excluding hydrogens is 214 g/mol. The molecule has 0 radical (unpaired) electrons. The Balaban J connectivity index is 1.37. The van der Waals surface area contributed by atoms with Crippen molar-refractivity contribution in [2.45, 2.75) is 63.2 Å². The van der Waals surface area contributed by atoms with Gasteiger partial charge in [-0.15, -0.1) is 0 Å². The molecule has 1 aliphatic carbocycles. The Labute approximate surface area is 103 Å². The van der Waals surface area contributed by atoms with Crippen molar-refractivity contribution < 1.29 is 4.74 Å². The third-order valence-electron chi connectivity index (χ3n) is 4.47. The van der Waals surface area contributed by atoms with Crippen LogP contribution in [-0.2, 0) is 4.74 Å². The number of hydrogen-bond donors (Lipinski definition) is 2. The van der Waals surface area contributed by atoms with Crippen LogP contribution in [0.25, 0.3) is 0 Å². The largest absolute Gasteiger partial charge is 0.375 e. The highest BCUT2D eigenvalue weighted by Crippen LogP contribution is 2.40. The fourth-order valence-corrected chi connectivity index (χ4v) is 3.21. The van der Waals surface area contributed by atoms with Gasteiger partial charge in [0.1, 0.15) is 0 Å². The minimum Gasteiger partial charge on any atom is -0.375 e. The molecular formula is C13H23N3O. The van der Waals surface area contributed by atoms with E-state index in [9.17, 15) is 0 Å². The first-order valence-corrected chi connectivity index (χ1v) is 7.03. The first-order chi connectivity index (χ1) is 8.31. The second kappa shape index (κ2) is 4.84. The lowest BCUT2D eigenvalue weighted by atomic mass is 9.87. The fourth-order valence-electron chi connectivity index (χ4n) is 3.21. The van der Waals surface area contributed by atoms with Gasteiger partial charge in [0.05, 0.1) is 12.2 Å². The first-order valence-electron chi connectivity index (χ1n) is 7.03. The summed E-state index contributed by atoms with van der Waals surface area (Å²) >= 11 is 0. The van der Waals surface area contributed by atoms with Crippen LogP contribution in [0.4, 0.5) is 0 Å². The quantitative estimate of drug-likeness (QED) is 0.574. The number of nitrogens with zero attached hydrogens (tertiary/aromatic N) is 1. The van der Waals surface area contributed by atoms with Crippen LogP contribution in [0.5, 0.6) is 0 Å². The van der Waals surface area contributed by atoms with Crippen LogP contribution in [0.1, 0.15) is 44.9 Å². The second-order valence-corrected chi connectivity index (χ2v) is 5.70. The molecule has 4 heteroatoms. The minimum absolute atomic E-state index is 0.524. The molecule has 0 amide bonds. The van der Waals surface area contributed by atoms with Gasteiger partial charge in [-0.05, 0) is 50.9 Å². The van der Waals surface area contributed by atoms with Crippen molar-refractivity contribution >= 4 is 5.96 Å². The summed E-state index contributed by atoms with van der Waals surface area (Å²) in [5.41, 5.74) is 5.85. The lowest BCUT2D eigenvalue weighted by Gasteiger charge is -2.26. The second-order valence-electron chi connectivity index (χ2n) is 5.70. The van der Waals surface area contributed by atoms with Crippen LogP contribution in [0.15, 0.2) is 4.99 Å². The molecule has 1 saturated carbocycles. The number of hydrogen-bond acceptors (Lipinski definition) is 2. The van der Waals surface area contributed by atoms with Crippen LogP contribution in [0, 0.1) is 5.92 Å². The van der Waals surface area contributed by atoms with E-state index in [0.717, 1.165) is 18.9 Å². The summed E-state index contributed by atoms with van der Waals surface area (Å²) in [4.78, 5) is 4.42. The van der Waals surface area contributed by atoms with Crippen molar-refractivity contribution in [3.8, 4) is 0 Å². The molecule has 17 heavy (non-hydrogen) atoms. The molecule has 3 atom stereocenters. The average molecular weight is 237 g/mol. The molecule has 2 heterocycles. The fraction of sp³-hybridized carbons (Fsp3) is 0.923. The van der Waals surface area contributed by atoms with Crippen LogP contribution in [-0.4, -0.2) is 30.8 Å². The van der Waals surface area contributed by atoms with Gasteiger partial charge in [0.15, 0.2) is 5.96 Å². The summed E-state index contributed by atoms with van der Waals surface area (Å²) in [6, 6.07) is 0.588. The molecule has 96 valence electrons. The van der Waals surface area contributed by atoms with E-state index < -0.39 is 0 Å². The monoisotopic (exact) mass is 237 g/mol. The maximum absolute atomic E-state index is 5.85. The van der Waals surface area contributed by atoms with E-state index in [1.807, 2.05) is 0 Å². The first kappa shape index (κ1) is 11.3. The molecule has 3 unspecified atom stereocenters. The molecule has 2 saturated heterocycles. The molecule has 3 fully saturated rings. The van der Waals surface area contributed by atoms with Gasteiger partial charge in [0.25, 0.3) is 0 Å². The van der Waals surface area contributed by atoms with Gasteiger partial charge in [-0.1, -0.05) is 0 Å². The summed E-state index contributed by atoms with van der Waals surface area (Å²) in [5, 5.41) is 3.27. The van der Waals surface area contributed by atoms with E-state index in [1.165, 1.54) is 38.5 Å². The summed E-state index contributed by atoms with van der Waals surface area (Å²) in [6.07, 6.45) is 9.81. The highest BCUT2D eigenvalue weighted by molar-refractivity contribution is 5.78. The van der Waals surface area contributed by atoms with Crippen LogP contribution >= 0.6 is 0 Å². The molecule has 3 N–H and O–H groups in total. The standard InChI is InChI=1S/C13H23N3O/c14-13(16-10-2-1-3-10)15-7-6-9-8-11-4-5-12(9)17-11/h9-12H,1-8H2,(H3,14,15,16). The highest BCUT2D eigenvalue weighted by atomic mass is 16.5. The molecule has 2 bridgehead atoms. The van der Waals surface area contributed by atoms with Crippen molar-refractivity contribution in [3.63, 3.8) is 0 Å². The van der Waals surface area contributed by atoms with Crippen LogP contribution in [0.2, 0.25) is 0 Å². The van der Waals surface area contributed by atoms with Gasteiger partial charge >= 0.3 is 0 Å². The lowest BCUT2D eigenvalue weighted by molar-refractivity contribution is 0.0916. The average Bonchev–Trinajstić information content (AvgIpc) is 2.85. The van der Waals surface area contributed by atoms with Gasteiger partial charge in [0.2, 0.25) is 0 Å². The van der Waals surface area contributed by atoms with E-state index in [0.29, 0.717) is 24.2 Å². The van der Waals surface area contributed by atoms with E-state index in [4.69, 9.17) is 10.5 Å². The number of rotatable bonds is 4. The van der Waals surface area contributed by atoms with Crippen molar-refractivity contribution in [2.24, 2.45) is 16.6 Å². The zero-order valence-electron chi connectivity index (χ0n) is 10.4. The lowest BCUT2D eigenvalue weighted by Crippen LogP contribution is -2.43. The molecule has 2 aliphatic heterocycles. The van der Waals surface area contributed by atoms with Crippen molar-refractivity contribution in [1.29, 1.82) is 0 Å². The Hall–Kier alpha value is -0.770. The maximum Gasteiger partial charge on any atom is 0.188 e. The van der Waals surface area contributed by atoms with E-state index >= 15 is 0 Å². The molecule has 3 aliphatic rings. The molecule has 4 nitrogen and oxygen atoms in total. The van der Waals surface area contributed by atoms with E-state index in [2.05, 4.69) is 10.3 Å².